The molecule has 4 aromatic rings. The summed E-state index contributed by atoms with van der Waals surface area (Å²) in [4.78, 5) is 63.1. The number of aliphatic imine (C=N–C) groups is 2. The molecule has 0 radical (unpaired) electrons. The first kappa shape index (κ1) is 101. The van der Waals surface area contributed by atoms with Crippen molar-refractivity contribution in [3.05, 3.63) is 142 Å². The average Bonchev–Trinajstić information content (AvgIpc) is 3.24. The van der Waals surface area contributed by atoms with Crippen LogP contribution in [0.25, 0.3) is 10.6 Å². The van der Waals surface area contributed by atoms with E-state index in [2.05, 4.69) is 114 Å². The summed E-state index contributed by atoms with van der Waals surface area (Å²) < 4.78 is -2.25. The van der Waals surface area contributed by atoms with E-state index in [1.165, 1.54) is 11.1 Å². The molecule has 0 unspecified atom stereocenters. The zero-order valence-corrected chi connectivity index (χ0v) is 61.5. The molecular weight excluding hydrogens is 1970 g/mol. The van der Waals surface area contributed by atoms with E-state index in [4.69, 9.17) is 184 Å². The van der Waals surface area contributed by atoms with Crippen LogP contribution in [0.3, 0.4) is 0 Å². The number of aliphatic carboxylic acids is 6. The summed E-state index contributed by atoms with van der Waals surface area (Å²) in [5, 5.41) is 63.1. The van der Waals surface area contributed by atoms with Gasteiger partial charge in [-0.3, -0.25) is 0 Å². The summed E-state index contributed by atoms with van der Waals surface area (Å²) in [6, 6.07) is 37.3. The smallest absolute Gasteiger partial charge is 0.550 e. The van der Waals surface area contributed by atoms with Crippen LogP contribution in [0.5, 0.6) is 0 Å². The summed E-state index contributed by atoms with van der Waals surface area (Å²) >= 11 is 43.3. The summed E-state index contributed by atoms with van der Waals surface area (Å²) in [5.41, 5.74) is 6.62. The number of halogens is 9. The number of carbonyl (C=O) groups is 6. The Morgan fingerprint density at radius 1 is 0.383 bits per heavy atom. The SMILES string of the molecule is CC(=O)[O-].CC(=O)[O-].CC(=O)[O-].CC(=O)[O-].CC(=O)[O-].CC(=O)[O-].CC(C)(C)c1ccc([N-]C(=NCCCN=C([N-]c2ccc(C(C)(C)C)cc2)c2ccccc2)c2ccccc2)cc1.ClC(Cl)Cl.ClC(Cl)Cl.ClC(Cl)Cl.[Pt+2].[Pt+2].[Pt+2].[Pt+2]. The minimum absolute atomic E-state index is 0. The fourth-order valence-corrected chi connectivity index (χ4v) is 4.31. The Morgan fingerprint density at radius 3 is 0.716 bits per heavy atom. The number of carboxylic acid groups (broad SMARTS) is 6. The van der Waals surface area contributed by atoms with Gasteiger partial charge in [0.05, 0.1) is 0 Å². The van der Waals surface area contributed by atoms with Crippen molar-refractivity contribution in [1.82, 2.24) is 0 Å². The van der Waals surface area contributed by atoms with Gasteiger partial charge in [0.1, 0.15) is 0 Å². The molecule has 0 heterocycles. The van der Waals surface area contributed by atoms with E-state index >= 15 is 0 Å². The summed E-state index contributed by atoms with van der Waals surface area (Å²) in [5.74, 6) is -5.02. The first-order chi connectivity index (χ1) is 35.2. The molecule has 4 rings (SSSR count). The molecule has 16 nitrogen and oxygen atoms in total. The molecule has 0 atom stereocenters. The van der Waals surface area contributed by atoms with Gasteiger partial charge in [0.2, 0.25) is 0 Å². The molecule has 466 valence electrons. The molecule has 0 aliphatic rings. The summed E-state index contributed by atoms with van der Waals surface area (Å²) in [6.07, 6.45) is 0.795. The zero-order valence-electron chi connectivity index (χ0n) is 45.6. The Balaban J connectivity index is -0.000000129. The number of amidine groups is 2. The van der Waals surface area contributed by atoms with Gasteiger partial charge in [0.25, 0.3) is 0 Å². The number of benzene rings is 4. The Hall–Kier alpha value is -2.00. The quantitative estimate of drug-likeness (QED) is 0.0692. The van der Waals surface area contributed by atoms with Crippen molar-refractivity contribution >= 4 is 163 Å². The summed E-state index contributed by atoms with van der Waals surface area (Å²) in [7, 11) is 0. The molecule has 0 saturated heterocycles. The number of hydrogen-bond donors (Lipinski definition) is 0. The maximum Gasteiger partial charge on any atom is 2.00 e. The average molecular weight is 2040 g/mol. The normalized spacial score (nSPS) is 9.63. The van der Waals surface area contributed by atoms with Crippen LogP contribution in [0.15, 0.2) is 119 Å². The molecule has 0 fully saturated rings. The molecule has 0 aromatic heterocycles. The maximum atomic E-state index is 8.89. The van der Waals surface area contributed by atoms with Crippen LogP contribution in [0.4, 0.5) is 11.4 Å². The van der Waals surface area contributed by atoms with Crippen molar-refractivity contribution in [3.63, 3.8) is 0 Å². The molecule has 0 saturated carbocycles. The van der Waals surface area contributed by atoms with E-state index in [-0.39, 0.29) is 95.1 Å². The van der Waals surface area contributed by atoms with Gasteiger partial charge in [-0.05, 0) is 86.0 Å². The van der Waals surface area contributed by atoms with E-state index < -0.39 is 48.7 Å². The largest absolute Gasteiger partial charge is 2.00 e. The fraction of sp³-hybridized carbons (Fsp3) is 0.385. The van der Waals surface area contributed by atoms with Gasteiger partial charge in [-0.1, -0.05) is 286 Å². The van der Waals surface area contributed by atoms with Crippen LogP contribution >= 0.6 is 104 Å². The first-order valence-corrected chi connectivity index (χ1v) is 25.8. The third kappa shape index (κ3) is 91.9. The Morgan fingerprint density at radius 2 is 0.556 bits per heavy atom. The van der Waals surface area contributed by atoms with Crippen LogP contribution < -0.4 is 30.6 Å². The van der Waals surface area contributed by atoms with Crippen molar-refractivity contribution in [2.45, 2.75) is 113 Å². The molecule has 81 heavy (non-hydrogen) atoms. The molecular formula is C52H63Cl9N4O12Pt4. The number of carboxylic acids is 6. The van der Waals surface area contributed by atoms with Crippen LogP contribution in [-0.2, 0) is 124 Å². The van der Waals surface area contributed by atoms with E-state index in [9.17, 15) is 0 Å². The van der Waals surface area contributed by atoms with Crippen molar-refractivity contribution < 1.29 is 144 Å². The third-order valence-corrected chi connectivity index (χ3v) is 6.84. The standard InChI is InChI=1S/C37H42N4.6C2H4O2.3CHCl3.4Pt/c1-36(2,3)30-18-22-32(23-19-30)40-34(28-14-9-7-10-15-28)38-26-13-27-39-35(29-16-11-8-12-17-29)41-33-24-20-31(21-25-33)37(4,5)6;6*1-2(3)4;3*2-1(3)4;;;;/h7-12,14-25H,13,26-27H2,1-6H3;6*1H3,(H,3,4);3*1H;;;;/q-2;;;;;;;;;;4*+2/p-6. The van der Waals surface area contributed by atoms with Gasteiger partial charge in [-0.15, -0.1) is 0 Å². The molecule has 0 aliphatic carbocycles. The van der Waals surface area contributed by atoms with Crippen LogP contribution in [0.1, 0.15) is 112 Å². The van der Waals surface area contributed by atoms with E-state index in [1.54, 1.807) is 0 Å². The second kappa shape index (κ2) is 62.5. The van der Waals surface area contributed by atoms with Crippen molar-refractivity contribution in [3.8, 4) is 0 Å². The topological polar surface area (TPSA) is 294 Å². The van der Waals surface area contributed by atoms with Crippen molar-refractivity contribution in [1.29, 1.82) is 0 Å². The van der Waals surface area contributed by atoms with Gasteiger partial charge in [-0.2, -0.15) is 0 Å². The molecule has 0 amide bonds. The van der Waals surface area contributed by atoms with Crippen LogP contribution in [0, 0.1) is 0 Å². The van der Waals surface area contributed by atoms with Crippen LogP contribution in [-0.4, -0.2) is 73.5 Å². The summed E-state index contributed by atoms with van der Waals surface area (Å²) in [6.45, 7) is 20.4. The molecule has 0 bridgehead atoms. The number of nitrogens with zero attached hydrogens (tertiary/aromatic N) is 4. The molecule has 0 aliphatic heterocycles. The zero-order chi connectivity index (χ0) is 61.5. The van der Waals surface area contributed by atoms with Gasteiger partial charge < -0.3 is 80.0 Å². The minimum Gasteiger partial charge on any atom is -0.550 e. The van der Waals surface area contributed by atoms with E-state index in [0.717, 1.165) is 82.1 Å². The first-order valence-electron chi connectivity index (χ1n) is 21.9. The number of alkyl halides is 9. The number of rotatable bonds is 8. The number of hydrogen-bond acceptors (Lipinski definition) is 14. The minimum atomic E-state index is -1.08. The van der Waals surface area contributed by atoms with Crippen molar-refractivity contribution in [2.75, 3.05) is 13.1 Å². The number of carbonyl (C=O) groups excluding carboxylic acids is 6. The maximum absolute atomic E-state index is 8.89. The van der Waals surface area contributed by atoms with Crippen molar-refractivity contribution in [2.24, 2.45) is 9.98 Å². The molecule has 0 N–H and O–H groups in total. The second-order valence-electron chi connectivity index (χ2n) is 16.0. The molecule has 29 heteroatoms. The Bertz CT molecular complexity index is 2020. The molecule has 4 aromatic carbocycles. The fourth-order valence-electron chi connectivity index (χ4n) is 4.31. The van der Waals surface area contributed by atoms with E-state index in [1.807, 2.05) is 36.4 Å². The second-order valence-corrected chi connectivity index (χ2v) is 21.9. The predicted octanol–water partition coefficient (Wildman–Crippen LogP) is 8.76. The van der Waals surface area contributed by atoms with E-state index in [0.29, 0.717) is 13.1 Å². The van der Waals surface area contributed by atoms with Crippen LogP contribution in [0.2, 0.25) is 0 Å². The predicted molar refractivity (Wildman–Crippen MR) is 305 cm³/mol. The van der Waals surface area contributed by atoms with Gasteiger partial charge >= 0.3 is 84.3 Å². The monoisotopic (exact) mass is 2030 g/mol. The Labute approximate surface area is 579 Å². The van der Waals surface area contributed by atoms with Gasteiger partial charge in [0.15, 0.2) is 12.9 Å². The van der Waals surface area contributed by atoms with Gasteiger partial charge in [-0.25, -0.2) is 0 Å². The molecule has 0 spiro atoms. The third-order valence-electron chi connectivity index (χ3n) is 6.84. The Kier molecular flexibility index (Phi) is 77.9. The van der Waals surface area contributed by atoms with Gasteiger partial charge in [0, 0.05) is 35.8 Å².